The molecule has 1 heterocycles. The molecule has 0 fully saturated rings. The van der Waals surface area contributed by atoms with Gasteiger partial charge in [-0.15, -0.1) is 0 Å². The van der Waals surface area contributed by atoms with Crippen LogP contribution in [0, 0.1) is 0 Å². The van der Waals surface area contributed by atoms with Crippen LogP contribution in [0.4, 0.5) is 5.88 Å². The Hall–Kier alpha value is -2.17. The maximum absolute atomic E-state index is 5.41. The molecule has 2 aromatic rings. The summed E-state index contributed by atoms with van der Waals surface area (Å²) in [4.78, 5) is 0. The van der Waals surface area contributed by atoms with E-state index in [0.29, 0.717) is 0 Å². The Bertz CT molecular complexity index is 623. The molecular weight excluding hydrogens is 268 g/mol. The van der Waals surface area contributed by atoms with Gasteiger partial charge >= 0.3 is 0 Å². The van der Waals surface area contributed by atoms with Gasteiger partial charge in [0.2, 0.25) is 5.88 Å². The number of aryl methyl sites for hydroxylation is 1. The lowest BCUT2D eigenvalue weighted by Gasteiger charge is -2.23. The van der Waals surface area contributed by atoms with Crippen molar-refractivity contribution in [2.75, 3.05) is 26.6 Å². The van der Waals surface area contributed by atoms with E-state index in [2.05, 4.69) is 16.5 Å². The summed E-state index contributed by atoms with van der Waals surface area (Å²) in [6.45, 7) is 0. The van der Waals surface area contributed by atoms with Crippen molar-refractivity contribution in [3.8, 4) is 11.5 Å². The van der Waals surface area contributed by atoms with Gasteiger partial charge in [0.1, 0.15) is 0 Å². The zero-order valence-corrected chi connectivity index (χ0v) is 12.6. The van der Waals surface area contributed by atoms with Crippen LogP contribution in [0.2, 0.25) is 0 Å². The number of hydrogen-bond acceptors (Lipinski definition) is 5. The first-order valence-electron chi connectivity index (χ1n) is 7.16. The summed E-state index contributed by atoms with van der Waals surface area (Å²) in [5.74, 6) is 2.55. The SMILES string of the molecule is CNc1onc2c1C(c1ccc(OC)c(OC)c1)CCC2. The highest BCUT2D eigenvalue weighted by molar-refractivity contribution is 5.53. The molecule has 1 N–H and O–H groups in total. The molecule has 5 heteroatoms. The summed E-state index contributed by atoms with van der Waals surface area (Å²) >= 11 is 0. The van der Waals surface area contributed by atoms with Crippen molar-refractivity contribution < 1.29 is 14.0 Å². The zero-order chi connectivity index (χ0) is 14.8. The first-order valence-corrected chi connectivity index (χ1v) is 7.16. The van der Waals surface area contributed by atoms with Gasteiger partial charge in [-0.1, -0.05) is 11.2 Å². The highest BCUT2D eigenvalue weighted by Crippen LogP contribution is 2.42. The maximum atomic E-state index is 5.41. The van der Waals surface area contributed by atoms with Crippen LogP contribution in [0.5, 0.6) is 11.5 Å². The van der Waals surface area contributed by atoms with Crippen molar-refractivity contribution in [2.45, 2.75) is 25.2 Å². The third-order valence-electron chi connectivity index (χ3n) is 4.09. The summed E-state index contributed by atoms with van der Waals surface area (Å²) in [6, 6.07) is 6.09. The molecule has 0 saturated heterocycles. The number of rotatable bonds is 4. The van der Waals surface area contributed by atoms with Crippen LogP contribution < -0.4 is 14.8 Å². The second-order valence-corrected chi connectivity index (χ2v) is 5.18. The Kier molecular flexibility index (Phi) is 3.73. The number of nitrogens with one attached hydrogen (secondary N) is 1. The molecule has 0 bridgehead atoms. The minimum absolute atomic E-state index is 0.280. The number of ether oxygens (including phenoxy) is 2. The molecule has 0 spiro atoms. The third kappa shape index (κ3) is 2.33. The Morgan fingerprint density at radius 2 is 2.05 bits per heavy atom. The Balaban J connectivity index is 2.04. The van der Waals surface area contributed by atoms with E-state index in [1.54, 1.807) is 14.2 Å². The third-order valence-corrected chi connectivity index (χ3v) is 4.09. The molecule has 5 nitrogen and oxygen atoms in total. The van der Waals surface area contributed by atoms with Crippen LogP contribution in [-0.4, -0.2) is 26.4 Å². The molecule has 0 saturated carbocycles. The molecule has 112 valence electrons. The number of hydrogen-bond donors (Lipinski definition) is 1. The van der Waals surface area contributed by atoms with Crippen LogP contribution >= 0.6 is 0 Å². The molecule has 0 amide bonds. The average Bonchev–Trinajstić information content (AvgIpc) is 2.97. The van der Waals surface area contributed by atoms with Crippen molar-refractivity contribution in [2.24, 2.45) is 0 Å². The van der Waals surface area contributed by atoms with Gasteiger partial charge in [-0.25, -0.2) is 0 Å². The lowest BCUT2D eigenvalue weighted by atomic mass is 9.81. The van der Waals surface area contributed by atoms with Gasteiger partial charge in [0.25, 0.3) is 0 Å². The summed E-state index contributed by atoms with van der Waals surface area (Å²) in [5, 5.41) is 7.29. The van der Waals surface area contributed by atoms with Gasteiger partial charge in [0.15, 0.2) is 11.5 Å². The van der Waals surface area contributed by atoms with E-state index >= 15 is 0 Å². The van der Waals surface area contributed by atoms with Crippen LogP contribution in [0.25, 0.3) is 0 Å². The predicted octanol–water partition coefficient (Wildman–Crippen LogP) is 3.20. The zero-order valence-electron chi connectivity index (χ0n) is 12.6. The smallest absolute Gasteiger partial charge is 0.228 e. The minimum atomic E-state index is 0.280. The van der Waals surface area contributed by atoms with Gasteiger partial charge in [-0.05, 0) is 37.0 Å². The lowest BCUT2D eigenvalue weighted by molar-refractivity contribution is 0.354. The summed E-state index contributed by atoms with van der Waals surface area (Å²) in [5.41, 5.74) is 3.44. The van der Waals surface area contributed by atoms with Gasteiger partial charge in [0, 0.05) is 18.5 Å². The van der Waals surface area contributed by atoms with Gasteiger partial charge in [-0.2, -0.15) is 0 Å². The molecule has 1 aliphatic carbocycles. The molecular formula is C16H20N2O3. The molecule has 1 atom stereocenters. The molecule has 3 rings (SSSR count). The highest BCUT2D eigenvalue weighted by Gasteiger charge is 2.29. The largest absolute Gasteiger partial charge is 0.493 e. The first-order chi connectivity index (χ1) is 10.3. The normalized spacial score (nSPS) is 17.2. The number of methoxy groups -OCH3 is 2. The van der Waals surface area contributed by atoms with Crippen molar-refractivity contribution in [3.05, 3.63) is 35.0 Å². The van der Waals surface area contributed by atoms with E-state index in [-0.39, 0.29) is 5.92 Å². The fourth-order valence-electron chi connectivity index (χ4n) is 3.07. The maximum Gasteiger partial charge on any atom is 0.228 e. The van der Waals surface area contributed by atoms with E-state index in [4.69, 9.17) is 14.0 Å². The van der Waals surface area contributed by atoms with Crippen LogP contribution in [0.15, 0.2) is 22.7 Å². The topological polar surface area (TPSA) is 56.5 Å². The molecule has 0 radical (unpaired) electrons. The monoisotopic (exact) mass is 288 g/mol. The van der Waals surface area contributed by atoms with Crippen molar-refractivity contribution in [1.82, 2.24) is 5.16 Å². The number of anilines is 1. The van der Waals surface area contributed by atoms with Crippen LogP contribution in [0.3, 0.4) is 0 Å². The first kappa shape index (κ1) is 13.8. The Labute approximate surface area is 124 Å². The van der Waals surface area contributed by atoms with Crippen molar-refractivity contribution in [1.29, 1.82) is 0 Å². The average molecular weight is 288 g/mol. The molecule has 1 aromatic heterocycles. The number of fused-ring (bicyclic) bond motifs is 1. The Morgan fingerprint density at radius 3 is 2.76 bits per heavy atom. The predicted molar refractivity (Wildman–Crippen MR) is 80.4 cm³/mol. The van der Waals surface area contributed by atoms with E-state index in [1.165, 1.54) is 11.1 Å². The van der Waals surface area contributed by atoms with E-state index in [9.17, 15) is 0 Å². The number of aromatic nitrogens is 1. The van der Waals surface area contributed by atoms with E-state index in [0.717, 1.165) is 42.3 Å². The van der Waals surface area contributed by atoms with Crippen LogP contribution in [0.1, 0.15) is 35.6 Å². The summed E-state index contributed by atoms with van der Waals surface area (Å²) < 4.78 is 16.1. The fraction of sp³-hybridized carbons (Fsp3) is 0.438. The number of nitrogens with zero attached hydrogens (tertiary/aromatic N) is 1. The molecule has 0 aliphatic heterocycles. The lowest BCUT2D eigenvalue weighted by Crippen LogP contribution is -2.11. The van der Waals surface area contributed by atoms with Gasteiger partial charge < -0.3 is 19.3 Å². The van der Waals surface area contributed by atoms with Crippen molar-refractivity contribution in [3.63, 3.8) is 0 Å². The summed E-state index contributed by atoms with van der Waals surface area (Å²) in [6.07, 6.45) is 3.17. The molecule has 1 unspecified atom stereocenters. The standard InChI is InChI=1S/C16H20N2O3/c1-17-16-15-11(5-4-6-12(15)18-21-16)10-7-8-13(19-2)14(9-10)20-3/h7-9,11,17H,4-6H2,1-3H3. The summed E-state index contributed by atoms with van der Waals surface area (Å²) in [7, 11) is 5.17. The fourth-order valence-corrected chi connectivity index (χ4v) is 3.07. The van der Waals surface area contributed by atoms with Gasteiger partial charge in [0.05, 0.1) is 19.9 Å². The minimum Gasteiger partial charge on any atom is -0.493 e. The van der Waals surface area contributed by atoms with Crippen LogP contribution in [-0.2, 0) is 6.42 Å². The molecule has 1 aliphatic rings. The van der Waals surface area contributed by atoms with E-state index in [1.807, 2.05) is 19.2 Å². The second kappa shape index (κ2) is 5.68. The van der Waals surface area contributed by atoms with E-state index < -0.39 is 0 Å². The quantitative estimate of drug-likeness (QED) is 0.936. The number of benzene rings is 1. The Morgan fingerprint density at radius 1 is 1.24 bits per heavy atom. The van der Waals surface area contributed by atoms with Crippen molar-refractivity contribution >= 4 is 5.88 Å². The van der Waals surface area contributed by atoms with Gasteiger partial charge in [-0.3, -0.25) is 0 Å². The second-order valence-electron chi connectivity index (χ2n) is 5.18. The highest BCUT2D eigenvalue weighted by atomic mass is 16.5. The molecule has 21 heavy (non-hydrogen) atoms. The molecule has 1 aromatic carbocycles.